The normalized spacial score (nSPS) is 15.3. The van der Waals surface area contributed by atoms with Gasteiger partial charge in [-0.1, -0.05) is 20.8 Å². The number of piperazine rings is 1. The Bertz CT molecular complexity index is 1020. The Morgan fingerprint density at radius 1 is 1.07 bits per heavy atom. The third-order valence-corrected chi connectivity index (χ3v) is 5.09. The molecule has 1 fully saturated rings. The maximum atomic E-state index is 13.3. The van der Waals surface area contributed by atoms with Crippen LogP contribution in [0, 0.1) is 5.82 Å². The van der Waals surface area contributed by atoms with E-state index in [-0.39, 0.29) is 11.3 Å². The number of anilines is 1. The Labute approximate surface area is 163 Å². The quantitative estimate of drug-likeness (QED) is 0.684. The van der Waals surface area contributed by atoms with Gasteiger partial charge >= 0.3 is 0 Å². The molecule has 0 bridgehead atoms. The number of carbonyl (C=O) groups is 1. The maximum Gasteiger partial charge on any atom is 0.255 e. The van der Waals surface area contributed by atoms with Crippen molar-refractivity contribution in [2.24, 2.45) is 0 Å². The van der Waals surface area contributed by atoms with Gasteiger partial charge in [0.15, 0.2) is 0 Å². The van der Waals surface area contributed by atoms with E-state index in [0.29, 0.717) is 18.7 Å². The molecule has 0 spiro atoms. The van der Waals surface area contributed by atoms with Crippen LogP contribution in [-0.4, -0.2) is 51.4 Å². The van der Waals surface area contributed by atoms with Gasteiger partial charge < -0.3 is 14.2 Å². The minimum Gasteiger partial charge on any atom is -0.367 e. The number of imidazole rings is 1. The molecule has 3 aromatic heterocycles. The average Bonchev–Trinajstić information content (AvgIpc) is 3.11. The van der Waals surface area contributed by atoms with Gasteiger partial charge in [0, 0.05) is 50.2 Å². The van der Waals surface area contributed by atoms with E-state index in [1.165, 1.54) is 12.3 Å². The predicted molar refractivity (Wildman–Crippen MR) is 106 cm³/mol. The van der Waals surface area contributed by atoms with Crippen LogP contribution in [-0.2, 0) is 5.41 Å². The number of fused-ring (bicyclic) bond motifs is 1. The Balaban J connectivity index is 1.47. The zero-order chi connectivity index (χ0) is 19.9. The van der Waals surface area contributed by atoms with Crippen molar-refractivity contribution in [3.63, 3.8) is 0 Å². The van der Waals surface area contributed by atoms with E-state index in [0.717, 1.165) is 36.3 Å². The van der Waals surface area contributed by atoms with Crippen molar-refractivity contribution in [2.75, 3.05) is 31.1 Å². The van der Waals surface area contributed by atoms with Gasteiger partial charge in [-0.25, -0.2) is 9.37 Å². The molecule has 0 atom stereocenters. The van der Waals surface area contributed by atoms with Crippen molar-refractivity contribution in [2.45, 2.75) is 26.2 Å². The van der Waals surface area contributed by atoms with Crippen LogP contribution in [0.1, 0.15) is 36.8 Å². The summed E-state index contributed by atoms with van der Waals surface area (Å²) in [5, 5.41) is 0. The van der Waals surface area contributed by atoms with E-state index in [9.17, 15) is 9.18 Å². The number of hydrogen-bond acceptors (Lipinski definition) is 4. The summed E-state index contributed by atoms with van der Waals surface area (Å²) in [6.07, 6.45) is 6.69. The van der Waals surface area contributed by atoms with E-state index >= 15 is 0 Å². The first-order chi connectivity index (χ1) is 13.3. The first kappa shape index (κ1) is 18.4. The molecule has 0 aliphatic carbocycles. The lowest BCUT2D eigenvalue weighted by molar-refractivity contribution is 0.0746. The number of nitrogens with zero attached hydrogens (tertiary/aromatic N) is 5. The molecule has 1 aliphatic heterocycles. The molecule has 3 aromatic rings. The standard InChI is InChI=1S/C21H24FN5O/c1-21(2,3)18-14-27-13-17(4-5-19(27)24-18)25-6-8-26(9-7-25)20(28)15-10-16(22)12-23-11-15/h4-5,10-14H,6-9H2,1-3H3. The highest BCUT2D eigenvalue weighted by molar-refractivity contribution is 5.94. The highest BCUT2D eigenvalue weighted by atomic mass is 19.1. The predicted octanol–water partition coefficient (Wildman–Crippen LogP) is 3.13. The number of aromatic nitrogens is 3. The molecule has 0 radical (unpaired) electrons. The van der Waals surface area contributed by atoms with Gasteiger partial charge in [0.25, 0.3) is 5.91 Å². The van der Waals surface area contributed by atoms with Crippen LogP contribution in [0.15, 0.2) is 43.0 Å². The molecular formula is C21H24FN5O. The van der Waals surface area contributed by atoms with Gasteiger partial charge in [0.05, 0.1) is 23.1 Å². The van der Waals surface area contributed by atoms with Gasteiger partial charge in [-0.2, -0.15) is 0 Å². The maximum absolute atomic E-state index is 13.3. The first-order valence-corrected chi connectivity index (χ1v) is 9.45. The highest BCUT2D eigenvalue weighted by Gasteiger charge is 2.23. The number of halogens is 1. The molecule has 0 unspecified atom stereocenters. The zero-order valence-electron chi connectivity index (χ0n) is 16.4. The fourth-order valence-electron chi connectivity index (χ4n) is 3.41. The lowest BCUT2D eigenvalue weighted by Gasteiger charge is -2.36. The zero-order valence-corrected chi connectivity index (χ0v) is 16.4. The number of carbonyl (C=O) groups excluding carboxylic acids is 1. The van der Waals surface area contributed by atoms with Crippen molar-refractivity contribution in [1.29, 1.82) is 0 Å². The van der Waals surface area contributed by atoms with Crippen LogP contribution in [0.5, 0.6) is 0 Å². The van der Waals surface area contributed by atoms with Crippen LogP contribution in [0.2, 0.25) is 0 Å². The average molecular weight is 381 g/mol. The summed E-state index contributed by atoms with van der Waals surface area (Å²) in [7, 11) is 0. The molecule has 0 N–H and O–H groups in total. The summed E-state index contributed by atoms with van der Waals surface area (Å²) in [5.41, 5.74) is 3.39. The molecule has 4 rings (SSSR count). The van der Waals surface area contributed by atoms with Crippen LogP contribution in [0.3, 0.4) is 0 Å². The van der Waals surface area contributed by atoms with E-state index in [4.69, 9.17) is 4.98 Å². The summed E-state index contributed by atoms with van der Waals surface area (Å²) in [4.78, 5) is 25.0. The van der Waals surface area contributed by atoms with Crippen molar-refractivity contribution in [3.8, 4) is 0 Å². The Kier molecular flexibility index (Phi) is 4.53. The number of hydrogen-bond donors (Lipinski definition) is 0. The summed E-state index contributed by atoms with van der Waals surface area (Å²) < 4.78 is 15.4. The number of pyridine rings is 2. The lowest BCUT2D eigenvalue weighted by Crippen LogP contribution is -2.48. The molecule has 1 saturated heterocycles. The second-order valence-corrected chi connectivity index (χ2v) is 8.20. The topological polar surface area (TPSA) is 53.7 Å². The minimum atomic E-state index is -0.493. The van der Waals surface area contributed by atoms with E-state index in [2.05, 4.69) is 53.5 Å². The first-order valence-electron chi connectivity index (χ1n) is 9.45. The fraction of sp³-hybridized carbons (Fsp3) is 0.381. The summed E-state index contributed by atoms with van der Waals surface area (Å²) in [6, 6.07) is 5.34. The van der Waals surface area contributed by atoms with Crippen molar-refractivity contribution >= 4 is 17.2 Å². The highest BCUT2D eigenvalue weighted by Crippen LogP contribution is 2.24. The molecule has 1 aliphatic rings. The molecule has 0 saturated carbocycles. The lowest BCUT2D eigenvalue weighted by atomic mass is 9.93. The molecule has 0 aromatic carbocycles. The monoisotopic (exact) mass is 381 g/mol. The largest absolute Gasteiger partial charge is 0.367 e. The third-order valence-electron chi connectivity index (χ3n) is 5.09. The number of amides is 1. The van der Waals surface area contributed by atoms with Crippen LogP contribution >= 0.6 is 0 Å². The molecule has 28 heavy (non-hydrogen) atoms. The fourth-order valence-corrected chi connectivity index (χ4v) is 3.41. The molecule has 6 nitrogen and oxygen atoms in total. The summed E-state index contributed by atoms with van der Waals surface area (Å²) >= 11 is 0. The van der Waals surface area contributed by atoms with Crippen molar-refractivity contribution in [1.82, 2.24) is 19.3 Å². The molecular weight excluding hydrogens is 357 g/mol. The second kappa shape index (κ2) is 6.89. The van der Waals surface area contributed by atoms with Gasteiger partial charge in [-0.15, -0.1) is 0 Å². The molecule has 1 amide bonds. The van der Waals surface area contributed by atoms with Crippen LogP contribution < -0.4 is 4.90 Å². The third kappa shape index (κ3) is 3.56. The Morgan fingerprint density at radius 3 is 2.50 bits per heavy atom. The van der Waals surface area contributed by atoms with Crippen molar-refractivity contribution in [3.05, 3.63) is 60.1 Å². The smallest absolute Gasteiger partial charge is 0.255 e. The van der Waals surface area contributed by atoms with Gasteiger partial charge in [0.2, 0.25) is 0 Å². The van der Waals surface area contributed by atoms with Gasteiger partial charge in [-0.05, 0) is 18.2 Å². The molecule has 146 valence electrons. The van der Waals surface area contributed by atoms with E-state index < -0.39 is 5.82 Å². The Hall–Kier alpha value is -2.96. The SMILES string of the molecule is CC(C)(C)c1cn2cc(N3CCN(C(=O)c4cncc(F)c4)CC3)ccc2n1. The van der Waals surface area contributed by atoms with E-state index in [1.807, 2.05) is 6.07 Å². The van der Waals surface area contributed by atoms with Crippen LogP contribution in [0.25, 0.3) is 5.65 Å². The van der Waals surface area contributed by atoms with E-state index in [1.54, 1.807) is 4.90 Å². The number of rotatable bonds is 2. The molecule has 4 heterocycles. The Morgan fingerprint density at radius 2 is 1.82 bits per heavy atom. The summed E-state index contributed by atoms with van der Waals surface area (Å²) in [5.74, 6) is -0.667. The van der Waals surface area contributed by atoms with Gasteiger partial charge in [-0.3, -0.25) is 9.78 Å². The molecule has 7 heteroatoms. The van der Waals surface area contributed by atoms with Crippen LogP contribution in [0.4, 0.5) is 10.1 Å². The minimum absolute atomic E-state index is 0.00391. The second-order valence-electron chi connectivity index (χ2n) is 8.20. The van der Waals surface area contributed by atoms with Crippen molar-refractivity contribution < 1.29 is 9.18 Å². The van der Waals surface area contributed by atoms with Gasteiger partial charge in [0.1, 0.15) is 11.5 Å². The summed E-state index contributed by atoms with van der Waals surface area (Å²) in [6.45, 7) is 9.08.